The number of aryl methyl sites for hydroxylation is 1. The van der Waals surface area contributed by atoms with Crippen molar-refractivity contribution >= 4 is 23.1 Å². The average Bonchev–Trinajstić information content (AvgIpc) is 2.44. The first-order valence-corrected chi connectivity index (χ1v) is 6.63. The Morgan fingerprint density at radius 2 is 1.95 bits per heavy atom. The van der Waals surface area contributed by atoms with E-state index in [0.717, 1.165) is 5.56 Å². The first-order valence-electron chi connectivity index (χ1n) is 6.25. The minimum Gasteiger partial charge on any atom is -0.393 e. The molecule has 2 aromatic rings. The maximum Gasteiger partial charge on any atom is 0.157 e. The van der Waals surface area contributed by atoms with E-state index in [2.05, 4.69) is 34.3 Å². The number of rotatable bonds is 4. The summed E-state index contributed by atoms with van der Waals surface area (Å²) in [4.78, 5) is 8.51. The molecule has 1 aromatic carbocycles. The maximum atomic E-state index is 6.01. The summed E-state index contributed by atoms with van der Waals surface area (Å²) in [6.45, 7) is 4.03. The number of nitrogens with zero attached hydrogens (tertiary/aromatic N) is 2. The minimum atomic E-state index is 0.0965. The predicted molar refractivity (Wildman–Crippen MR) is 79.3 cm³/mol. The lowest BCUT2D eigenvalue weighted by molar-refractivity contribution is 0.859. The van der Waals surface area contributed by atoms with Gasteiger partial charge in [0.25, 0.3) is 0 Å². The lowest BCUT2D eigenvalue weighted by atomic mass is 10.1. The van der Waals surface area contributed by atoms with Crippen molar-refractivity contribution < 1.29 is 0 Å². The van der Waals surface area contributed by atoms with Gasteiger partial charge in [0.1, 0.15) is 11.5 Å². The maximum absolute atomic E-state index is 6.01. The van der Waals surface area contributed by atoms with Crippen molar-refractivity contribution in [3.63, 3.8) is 0 Å². The van der Waals surface area contributed by atoms with Crippen molar-refractivity contribution in [3.8, 4) is 0 Å². The second kappa shape index (κ2) is 5.89. The molecule has 0 bridgehead atoms. The Morgan fingerprint density at radius 1 is 1.26 bits per heavy atom. The molecule has 4 nitrogen and oxygen atoms in total. The standard InChI is InChI=1S/C14H17ClN4/c1-3-11-18-13(15)12(16)14(19-11)17-9(2)10-7-5-4-6-8-10/h4-9H,3,16H2,1-2H3,(H,17,18,19). The van der Waals surface area contributed by atoms with Gasteiger partial charge < -0.3 is 11.1 Å². The molecule has 0 aliphatic heterocycles. The smallest absolute Gasteiger partial charge is 0.157 e. The second-order valence-corrected chi connectivity index (χ2v) is 4.68. The SMILES string of the molecule is CCc1nc(Cl)c(N)c(NC(C)c2ccccc2)n1. The molecule has 5 heteroatoms. The van der Waals surface area contributed by atoms with Gasteiger partial charge in [0.05, 0.1) is 6.04 Å². The van der Waals surface area contributed by atoms with E-state index in [4.69, 9.17) is 17.3 Å². The summed E-state index contributed by atoms with van der Waals surface area (Å²) in [6, 6.07) is 10.2. The molecule has 1 aromatic heterocycles. The fourth-order valence-corrected chi connectivity index (χ4v) is 1.97. The Hall–Kier alpha value is -1.81. The average molecular weight is 277 g/mol. The highest BCUT2D eigenvalue weighted by Gasteiger charge is 2.12. The van der Waals surface area contributed by atoms with Crippen LogP contribution >= 0.6 is 11.6 Å². The number of nitrogens with two attached hydrogens (primary N) is 1. The number of halogens is 1. The monoisotopic (exact) mass is 276 g/mol. The predicted octanol–water partition coefficient (Wildman–Crippen LogP) is 3.45. The van der Waals surface area contributed by atoms with Gasteiger partial charge in [0, 0.05) is 6.42 Å². The van der Waals surface area contributed by atoms with Crippen LogP contribution < -0.4 is 11.1 Å². The third kappa shape index (κ3) is 3.15. The van der Waals surface area contributed by atoms with E-state index in [9.17, 15) is 0 Å². The molecule has 0 aliphatic carbocycles. The van der Waals surface area contributed by atoms with Crippen LogP contribution in [-0.2, 0) is 6.42 Å². The van der Waals surface area contributed by atoms with E-state index in [1.54, 1.807) is 0 Å². The van der Waals surface area contributed by atoms with E-state index < -0.39 is 0 Å². The zero-order valence-corrected chi connectivity index (χ0v) is 11.8. The first-order chi connectivity index (χ1) is 9.11. The van der Waals surface area contributed by atoms with Crippen LogP contribution in [0.5, 0.6) is 0 Å². The molecule has 0 saturated carbocycles. The van der Waals surface area contributed by atoms with Crippen LogP contribution in [0, 0.1) is 0 Å². The Labute approximate surface area is 118 Å². The van der Waals surface area contributed by atoms with Gasteiger partial charge in [-0.3, -0.25) is 0 Å². The number of hydrogen-bond donors (Lipinski definition) is 2. The Morgan fingerprint density at radius 3 is 2.58 bits per heavy atom. The summed E-state index contributed by atoms with van der Waals surface area (Å²) in [7, 11) is 0. The van der Waals surface area contributed by atoms with Crippen LogP contribution in [0.2, 0.25) is 5.15 Å². The number of benzene rings is 1. The van der Waals surface area contributed by atoms with Crippen LogP contribution in [0.25, 0.3) is 0 Å². The van der Waals surface area contributed by atoms with Crippen LogP contribution in [-0.4, -0.2) is 9.97 Å². The van der Waals surface area contributed by atoms with Crippen LogP contribution in [0.15, 0.2) is 30.3 Å². The first kappa shape index (κ1) is 13.6. The lowest BCUT2D eigenvalue weighted by Crippen LogP contribution is -2.12. The van der Waals surface area contributed by atoms with Crippen molar-refractivity contribution in [3.05, 3.63) is 46.9 Å². The molecule has 0 aliphatic rings. The quantitative estimate of drug-likeness (QED) is 0.840. The normalized spacial score (nSPS) is 12.2. The van der Waals surface area contributed by atoms with Gasteiger partial charge in [-0.15, -0.1) is 0 Å². The Balaban J connectivity index is 2.26. The van der Waals surface area contributed by atoms with Crippen molar-refractivity contribution in [1.29, 1.82) is 0 Å². The zero-order chi connectivity index (χ0) is 13.8. The van der Waals surface area contributed by atoms with E-state index in [1.807, 2.05) is 25.1 Å². The van der Waals surface area contributed by atoms with E-state index >= 15 is 0 Å². The molecular weight excluding hydrogens is 260 g/mol. The van der Waals surface area contributed by atoms with Crippen LogP contribution in [0.1, 0.15) is 31.3 Å². The molecule has 2 rings (SSSR count). The van der Waals surface area contributed by atoms with Gasteiger partial charge in [-0.05, 0) is 12.5 Å². The van der Waals surface area contributed by atoms with Gasteiger partial charge in [-0.2, -0.15) is 0 Å². The lowest BCUT2D eigenvalue weighted by Gasteiger charge is -2.17. The number of hydrogen-bond acceptors (Lipinski definition) is 4. The van der Waals surface area contributed by atoms with E-state index in [1.165, 1.54) is 0 Å². The number of nitrogen functional groups attached to an aromatic ring is 1. The topological polar surface area (TPSA) is 63.8 Å². The number of nitrogens with one attached hydrogen (secondary N) is 1. The highest BCUT2D eigenvalue weighted by molar-refractivity contribution is 6.32. The summed E-state index contributed by atoms with van der Waals surface area (Å²) >= 11 is 6.01. The molecule has 0 amide bonds. The van der Waals surface area contributed by atoms with Crippen molar-refractivity contribution in [1.82, 2.24) is 9.97 Å². The molecule has 1 heterocycles. The molecule has 19 heavy (non-hydrogen) atoms. The number of aromatic nitrogens is 2. The van der Waals surface area contributed by atoms with Gasteiger partial charge >= 0.3 is 0 Å². The molecule has 1 unspecified atom stereocenters. The fraction of sp³-hybridized carbons (Fsp3) is 0.286. The van der Waals surface area contributed by atoms with E-state index in [-0.39, 0.29) is 6.04 Å². The highest BCUT2D eigenvalue weighted by atomic mass is 35.5. The summed E-state index contributed by atoms with van der Waals surface area (Å²) in [5, 5.41) is 3.58. The molecule has 0 saturated heterocycles. The molecule has 0 spiro atoms. The zero-order valence-electron chi connectivity index (χ0n) is 11.0. The fourth-order valence-electron chi connectivity index (χ4n) is 1.78. The highest BCUT2D eigenvalue weighted by Crippen LogP contribution is 2.27. The van der Waals surface area contributed by atoms with Gasteiger partial charge in [0.15, 0.2) is 11.0 Å². The number of anilines is 2. The second-order valence-electron chi connectivity index (χ2n) is 4.32. The summed E-state index contributed by atoms with van der Waals surface area (Å²) in [5.41, 5.74) is 7.47. The summed E-state index contributed by atoms with van der Waals surface area (Å²) < 4.78 is 0. The molecule has 1 atom stereocenters. The van der Waals surface area contributed by atoms with Crippen LogP contribution in [0.4, 0.5) is 11.5 Å². The van der Waals surface area contributed by atoms with Crippen molar-refractivity contribution in [2.75, 3.05) is 11.1 Å². The minimum absolute atomic E-state index is 0.0965. The van der Waals surface area contributed by atoms with Gasteiger partial charge in [-0.25, -0.2) is 9.97 Å². The van der Waals surface area contributed by atoms with Gasteiger partial charge in [-0.1, -0.05) is 48.9 Å². The third-order valence-corrected chi connectivity index (χ3v) is 3.20. The summed E-state index contributed by atoms with van der Waals surface area (Å²) in [6.07, 6.45) is 0.717. The Bertz CT molecular complexity index is 557. The van der Waals surface area contributed by atoms with Crippen LogP contribution in [0.3, 0.4) is 0 Å². The molecule has 100 valence electrons. The van der Waals surface area contributed by atoms with E-state index in [0.29, 0.717) is 28.9 Å². The van der Waals surface area contributed by atoms with Gasteiger partial charge in [0.2, 0.25) is 0 Å². The Kier molecular flexibility index (Phi) is 4.22. The van der Waals surface area contributed by atoms with Crippen molar-refractivity contribution in [2.24, 2.45) is 0 Å². The summed E-state index contributed by atoms with van der Waals surface area (Å²) in [5.74, 6) is 1.27. The molecule has 3 N–H and O–H groups in total. The largest absolute Gasteiger partial charge is 0.393 e. The molecule has 0 radical (unpaired) electrons. The molecule has 0 fully saturated rings. The third-order valence-electron chi connectivity index (χ3n) is 2.91. The van der Waals surface area contributed by atoms with Crippen molar-refractivity contribution in [2.45, 2.75) is 26.3 Å². The molecular formula is C14H17ClN4.